The van der Waals surface area contributed by atoms with Crippen molar-refractivity contribution in [1.82, 2.24) is 0 Å². The maximum atomic E-state index is 8.90. The molecule has 0 aromatic heterocycles. The fourth-order valence-corrected chi connectivity index (χ4v) is 0.686. The molecule has 0 rings (SSSR count). The van der Waals surface area contributed by atoms with Gasteiger partial charge in [-0.05, 0) is 38.8 Å². The van der Waals surface area contributed by atoms with Crippen molar-refractivity contribution < 1.29 is 14.9 Å². The summed E-state index contributed by atoms with van der Waals surface area (Å²) in [5.41, 5.74) is 5.50. The second-order valence-electron chi connectivity index (χ2n) is 3.28. The highest BCUT2D eigenvalue weighted by Gasteiger charge is 1.87. The Bertz CT molecular complexity index is 237. The van der Waals surface area contributed by atoms with Gasteiger partial charge < -0.3 is 14.9 Å². The van der Waals surface area contributed by atoms with Gasteiger partial charge in [-0.1, -0.05) is 11.5 Å². The maximum absolute atomic E-state index is 8.90. The molecule has 0 fully saturated rings. The summed E-state index contributed by atoms with van der Waals surface area (Å²) in [4.78, 5) is 0. The summed E-state index contributed by atoms with van der Waals surface area (Å²) in [6, 6.07) is 0. The number of rotatable bonds is 6. The van der Waals surface area contributed by atoms with Gasteiger partial charge in [-0.25, -0.2) is 0 Å². The molecule has 0 aromatic rings. The third-order valence-corrected chi connectivity index (χ3v) is 1.43. The van der Waals surface area contributed by atoms with Crippen molar-refractivity contribution in [1.29, 1.82) is 0 Å². The Morgan fingerprint density at radius 3 is 1.73 bits per heavy atom. The average Bonchev–Trinajstić information content (AvgIpc) is 2.14. The number of aliphatic hydroxyl groups excluding tert-OH is 2. The van der Waals surface area contributed by atoms with Crippen LogP contribution in [0.25, 0.3) is 0 Å². The fraction of sp³-hybridized carbons (Fsp3) is 0.500. The van der Waals surface area contributed by atoms with Crippen LogP contribution < -0.4 is 0 Å². The molecule has 0 aliphatic rings. The summed E-state index contributed by atoms with van der Waals surface area (Å²) < 4.78 is 4.90. The molecule has 0 saturated heterocycles. The molecule has 0 heterocycles. The molecule has 0 spiro atoms. The van der Waals surface area contributed by atoms with Gasteiger partial charge in [0.1, 0.15) is 12.5 Å². The van der Waals surface area contributed by atoms with Crippen molar-refractivity contribution in [3.05, 3.63) is 36.1 Å². The highest BCUT2D eigenvalue weighted by molar-refractivity contribution is 4.85. The molecule has 3 nitrogen and oxygen atoms in total. The molecule has 2 atom stereocenters. The van der Waals surface area contributed by atoms with E-state index in [4.69, 9.17) is 14.9 Å². The van der Waals surface area contributed by atoms with Crippen LogP contribution in [0.15, 0.2) is 36.1 Å². The molecule has 0 bridgehead atoms. The van der Waals surface area contributed by atoms with Crippen LogP contribution in [0.2, 0.25) is 0 Å². The van der Waals surface area contributed by atoms with Crippen LogP contribution in [0, 0.1) is 0 Å². The van der Waals surface area contributed by atoms with Gasteiger partial charge in [0, 0.05) is 0 Å². The van der Waals surface area contributed by atoms with Gasteiger partial charge in [0.05, 0.1) is 12.2 Å². The third-order valence-electron chi connectivity index (χ3n) is 1.43. The molecule has 0 aliphatic heterocycles. The van der Waals surface area contributed by atoms with E-state index in [1.165, 1.54) is 12.5 Å². The normalized spacial score (nSPS) is 12.8. The summed E-state index contributed by atoms with van der Waals surface area (Å²) in [6.45, 7) is 3.41. The molecule has 3 heteroatoms. The summed E-state index contributed by atoms with van der Waals surface area (Å²) in [5.74, 6) is 0. The molecule has 2 N–H and O–H groups in total. The molecular formula is C12H18O3. The van der Waals surface area contributed by atoms with Crippen LogP contribution in [0.4, 0.5) is 0 Å². The Morgan fingerprint density at radius 1 is 1.00 bits per heavy atom. The van der Waals surface area contributed by atoms with E-state index >= 15 is 0 Å². The van der Waals surface area contributed by atoms with Gasteiger partial charge in [-0.15, -0.1) is 0 Å². The van der Waals surface area contributed by atoms with Gasteiger partial charge in [0.2, 0.25) is 0 Å². The summed E-state index contributed by atoms with van der Waals surface area (Å²) in [7, 11) is 0. The monoisotopic (exact) mass is 210 g/mol. The number of ether oxygens (including phenoxy) is 1. The first-order chi connectivity index (χ1) is 7.13. The first-order valence-corrected chi connectivity index (χ1v) is 4.93. The zero-order valence-electron chi connectivity index (χ0n) is 9.18. The van der Waals surface area contributed by atoms with E-state index in [1.54, 1.807) is 26.0 Å². The van der Waals surface area contributed by atoms with Crippen LogP contribution in [-0.4, -0.2) is 22.4 Å². The molecule has 0 aliphatic carbocycles. The van der Waals surface area contributed by atoms with E-state index in [-0.39, 0.29) is 12.2 Å². The minimum absolute atomic E-state index is 0.354. The standard InChI is InChI=1S/C12H18O3/c1-11(13)7-3-5-9-15-10-6-4-8-12(2)14/h3-4,9-14H,7-8H2,1-2H3. The van der Waals surface area contributed by atoms with Gasteiger partial charge in [-0.2, -0.15) is 0 Å². The highest BCUT2D eigenvalue weighted by Crippen LogP contribution is 1.90. The molecular weight excluding hydrogens is 192 g/mol. The van der Waals surface area contributed by atoms with Crippen LogP contribution in [-0.2, 0) is 4.74 Å². The number of hydrogen-bond donors (Lipinski definition) is 2. The topological polar surface area (TPSA) is 49.7 Å². The fourth-order valence-electron chi connectivity index (χ4n) is 0.686. The second kappa shape index (κ2) is 9.32. The zero-order valence-corrected chi connectivity index (χ0v) is 9.18. The summed E-state index contributed by atoms with van der Waals surface area (Å²) >= 11 is 0. The van der Waals surface area contributed by atoms with Gasteiger partial charge in [-0.3, -0.25) is 0 Å². The van der Waals surface area contributed by atoms with E-state index in [0.717, 1.165) is 0 Å². The van der Waals surface area contributed by atoms with Crippen LogP contribution in [0.1, 0.15) is 26.7 Å². The lowest BCUT2D eigenvalue weighted by Gasteiger charge is -1.93. The largest absolute Gasteiger partial charge is 0.456 e. The van der Waals surface area contributed by atoms with Crippen molar-refractivity contribution in [2.45, 2.75) is 38.9 Å². The predicted molar refractivity (Wildman–Crippen MR) is 59.0 cm³/mol. The van der Waals surface area contributed by atoms with Crippen molar-refractivity contribution in [3.8, 4) is 0 Å². The molecule has 0 amide bonds. The summed E-state index contributed by atoms with van der Waals surface area (Å²) in [6.07, 6.45) is 6.55. The Kier molecular flexibility index (Phi) is 8.55. The Morgan fingerprint density at radius 2 is 1.40 bits per heavy atom. The van der Waals surface area contributed by atoms with Crippen LogP contribution in [0.3, 0.4) is 0 Å². The second-order valence-corrected chi connectivity index (χ2v) is 3.28. The first kappa shape index (κ1) is 13.8. The Labute approximate surface area is 90.7 Å². The predicted octanol–water partition coefficient (Wildman–Crippen LogP) is 1.88. The Hall–Kier alpha value is -1.24. The quantitative estimate of drug-likeness (QED) is 0.520. The minimum Gasteiger partial charge on any atom is -0.456 e. The van der Waals surface area contributed by atoms with Crippen molar-refractivity contribution in [2.24, 2.45) is 0 Å². The van der Waals surface area contributed by atoms with E-state index < -0.39 is 0 Å². The maximum Gasteiger partial charge on any atom is 0.133 e. The number of hydrogen-bond acceptors (Lipinski definition) is 3. The molecule has 0 saturated carbocycles. The van der Waals surface area contributed by atoms with E-state index in [0.29, 0.717) is 12.8 Å². The molecule has 15 heavy (non-hydrogen) atoms. The SMILES string of the molecule is CC(O)CC=C=COC=C=CCC(C)O. The lowest BCUT2D eigenvalue weighted by molar-refractivity contribution is 0.198. The smallest absolute Gasteiger partial charge is 0.133 e. The molecule has 0 aromatic carbocycles. The third kappa shape index (κ3) is 12.8. The molecule has 0 radical (unpaired) electrons. The zero-order chi connectivity index (χ0) is 11.5. The molecule has 84 valence electrons. The van der Waals surface area contributed by atoms with Crippen LogP contribution >= 0.6 is 0 Å². The lowest BCUT2D eigenvalue weighted by atomic mass is 10.3. The molecule has 2 unspecified atom stereocenters. The van der Waals surface area contributed by atoms with E-state index in [1.807, 2.05) is 0 Å². The highest BCUT2D eigenvalue weighted by atomic mass is 16.5. The van der Waals surface area contributed by atoms with Gasteiger partial charge >= 0.3 is 0 Å². The van der Waals surface area contributed by atoms with Crippen molar-refractivity contribution in [3.63, 3.8) is 0 Å². The number of aliphatic hydroxyl groups is 2. The van der Waals surface area contributed by atoms with E-state index in [2.05, 4.69) is 11.5 Å². The average molecular weight is 210 g/mol. The lowest BCUT2D eigenvalue weighted by Crippen LogP contribution is -1.94. The van der Waals surface area contributed by atoms with Crippen molar-refractivity contribution in [2.75, 3.05) is 0 Å². The van der Waals surface area contributed by atoms with Gasteiger partial charge in [0.15, 0.2) is 0 Å². The van der Waals surface area contributed by atoms with E-state index in [9.17, 15) is 0 Å². The van der Waals surface area contributed by atoms with Gasteiger partial charge in [0.25, 0.3) is 0 Å². The summed E-state index contributed by atoms with van der Waals surface area (Å²) in [5, 5.41) is 17.8. The Balaban J connectivity index is 3.68. The minimum atomic E-state index is -0.354. The van der Waals surface area contributed by atoms with Crippen molar-refractivity contribution >= 4 is 0 Å². The first-order valence-electron chi connectivity index (χ1n) is 4.93. The van der Waals surface area contributed by atoms with Crippen LogP contribution in [0.5, 0.6) is 0 Å².